The Morgan fingerprint density at radius 3 is 2.36 bits per heavy atom. The van der Waals surface area contributed by atoms with E-state index in [1.165, 1.54) is 0 Å². The van der Waals surface area contributed by atoms with E-state index < -0.39 is 10.1 Å². The van der Waals surface area contributed by atoms with E-state index in [1.807, 2.05) is 0 Å². The van der Waals surface area contributed by atoms with E-state index >= 15 is 0 Å². The first-order chi connectivity index (χ1) is 4.92. The third-order valence-electron chi connectivity index (χ3n) is 1.08. The second kappa shape index (κ2) is 4.63. The molecule has 0 aliphatic heterocycles. The van der Waals surface area contributed by atoms with Gasteiger partial charge in [0.2, 0.25) is 0 Å². The van der Waals surface area contributed by atoms with Crippen LogP contribution in [0.3, 0.4) is 0 Å². The van der Waals surface area contributed by atoms with Gasteiger partial charge in [0.1, 0.15) is 0 Å². The zero-order valence-corrected chi connectivity index (χ0v) is 7.62. The van der Waals surface area contributed by atoms with E-state index in [1.54, 1.807) is 0 Å². The molecule has 0 saturated carbocycles. The maximum Gasteiger partial charge on any atom is 0.264 e. The van der Waals surface area contributed by atoms with Crippen LogP contribution in [0, 0.1) is 0 Å². The molecule has 11 heavy (non-hydrogen) atoms. The minimum Gasteiger partial charge on any atom is -0.393 e. The van der Waals surface area contributed by atoms with E-state index in [4.69, 9.17) is 10.3 Å². The predicted octanol–water partition coefficient (Wildman–Crippen LogP) is 0.331. The van der Waals surface area contributed by atoms with E-state index in [9.17, 15) is 8.42 Å². The molecule has 0 aromatic heterocycles. The fourth-order valence-corrected chi connectivity index (χ4v) is 1.30. The minimum atomic E-state index is -3.81. The number of thiocarbonyl (C=S) groups is 1. The summed E-state index contributed by atoms with van der Waals surface area (Å²) in [5.41, 5.74) is 5.16. The molecule has 4 nitrogen and oxygen atoms in total. The van der Waals surface area contributed by atoms with Crippen LogP contribution in [0.25, 0.3) is 0 Å². The Balaban J connectivity index is 3.37. The highest BCUT2D eigenvalue weighted by molar-refractivity contribution is 7.85. The summed E-state index contributed by atoms with van der Waals surface area (Å²) in [4.78, 5) is 0.375. The van der Waals surface area contributed by atoms with Gasteiger partial charge >= 0.3 is 0 Å². The lowest BCUT2D eigenvalue weighted by molar-refractivity contribution is 0.480. The van der Waals surface area contributed by atoms with Crippen molar-refractivity contribution in [3.8, 4) is 0 Å². The molecule has 0 aromatic carbocycles. The standard InChI is InChI=1S/C5H11NO3S2/c6-5(10)3-1-2-4-11(7,8)9/h1-4H2,(H2,6,10)(H,7,8,9). The lowest BCUT2D eigenvalue weighted by Gasteiger charge is -1.96. The van der Waals surface area contributed by atoms with Crippen molar-refractivity contribution in [2.45, 2.75) is 19.3 Å². The van der Waals surface area contributed by atoms with Gasteiger partial charge in [-0.3, -0.25) is 4.55 Å². The normalized spacial score (nSPS) is 11.4. The fourth-order valence-electron chi connectivity index (χ4n) is 0.584. The van der Waals surface area contributed by atoms with Gasteiger partial charge in [-0.1, -0.05) is 12.2 Å². The molecule has 0 atom stereocenters. The number of rotatable bonds is 5. The highest BCUT2D eigenvalue weighted by Crippen LogP contribution is 1.97. The number of unbranched alkanes of at least 4 members (excludes halogenated alkanes) is 1. The van der Waals surface area contributed by atoms with Crippen LogP contribution in [0.2, 0.25) is 0 Å². The van der Waals surface area contributed by atoms with Crippen molar-refractivity contribution in [1.82, 2.24) is 0 Å². The lowest BCUT2D eigenvalue weighted by Crippen LogP contribution is -2.09. The quantitative estimate of drug-likeness (QED) is 0.377. The van der Waals surface area contributed by atoms with E-state index in [0.29, 0.717) is 24.3 Å². The zero-order chi connectivity index (χ0) is 8.91. The topological polar surface area (TPSA) is 80.4 Å². The summed E-state index contributed by atoms with van der Waals surface area (Å²) in [7, 11) is -3.81. The number of hydrogen-bond acceptors (Lipinski definition) is 3. The molecule has 0 aromatic rings. The van der Waals surface area contributed by atoms with Gasteiger partial charge < -0.3 is 5.73 Å². The van der Waals surface area contributed by atoms with Crippen LogP contribution in [0.4, 0.5) is 0 Å². The molecule has 0 bridgehead atoms. The molecule has 0 fully saturated rings. The molecule has 0 rings (SSSR count). The summed E-state index contributed by atoms with van der Waals surface area (Å²) >= 11 is 4.57. The lowest BCUT2D eigenvalue weighted by atomic mass is 10.2. The Kier molecular flexibility index (Phi) is 4.55. The summed E-state index contributed by atoms with van der Waals surface area (Å²) in [5.74, 6) is -0.213. The van der Waals surface area contributed by atoms with Crippen molar-refractivity contribution in [2.75, 3.05) is 5.75 Å². The summed E-state index contributed by atoms with van der Waals surface area (Å²) < 4.78 is 28.6. The molecular weight excluding hydrogens is 186 g/mol. The maximum atomic E-state index is 10.2. The first kappa shape index (κ1) is 10.8. The average Bonchev–Trinajstić information content (AvgIpc) is 1.78. The second-order valence-corrected chi connectivity index (χ2v) is 4.31. The molecule has 3 N–H and O–H groups in total. The minimum absolute atomic E-state index is 0.213. The summed E-state index contributed by atoms with van der Waals surface area (Å²) in [5, 5.41) is 0. The summed E-state index contributed by atoms with van der Waals surface area (Å²) in [6.07, 6.45) is 1.54. The van der Waals surface area contributed by atoms with Crippen molar-refractivity contribution in [2.24, 2.45) is 5.73 Å². The van der Waals surface area contributed by atoms with E-state index in [-0.39, 0.29) is 5.75 Å². The summed E-state index contributed by atoms with van der Waals surface area (Å²) in [6, 6.07) is 0. The molecule has 0 radical (unpaired) electrons. The molecule has 0 spiro atoms. The largest absolute Gasteiger partial charge is 0.393 e. The number of hydrogen-bond donors (Lipinski definition) is 2. The van der Waals surface area contributed by atoms with E-state index in [2.05, 4.69) is 12.2 Å². The van der Waals surface area contributed by atoms with Gasteiger partial charge in [0.05, 0.1) is 10.7 Å². The Morgan fingerprint density at radius 1 is 1.45 bits per heavy atom. The van der Waals surface area contributed by atoms with Crippen LogP contribution < -0.4 is 5.73 Å². The van der Waals surface area contributed by atoms with Gasteiger partial charge in [-0.25, -0.2) is 0 Å². The Hall–Kier alpha value is -0.200. The third-order valence-corrected chi connectivity index (χ3v) is 2.08. The SMILES string of the molecule is NC(=S)CCCCS(=O)(=O)O. The van der Waals surface area contributed by atoms with Gasteiger partial charge in [-0.2, -0.15) is 8.42 Å². The number of nitrogens with two attached hydrogens (primary N) is 1. The van der Waals surface area contributed by atoms with Crippen LogP contribution >= 0.6 is 12.2 Å². The van der Waals surface area contributed by atoms with Gasteiger partial charge in [-0.05, 0) is 19.3 Å². The maximum absolute atomic E-state index is 10.2. The predicted molar refractivity (Wildman–Crippen MR) is 47.1 cm³/mol. The van der Waals surface area contributed by atoms with Crippen LogP contribution in [0.5, 0.6) is 0 Å². The Morgan fingerprint density at radius 2 is 2.00 bits per heavy atom. The molecule has 0 unspecified atom stereocenters. The van der Waals surface area contributed by atoms with Crippen molar-refractivity contribution in [1.29, 1.82) is 0 Å². The highest BCUT2D eigenvalue weighted by Gasteiger charge is 2.02. The third kappa shape index (κ3) is 9.80. The first-order valence-corrected chi connectivity index (χ1v) is 5.17. The van der Waals surface area contributed by atoms with Crippen molar-refractivity contribution in [3.63, 3.8) is 0 Å². The molecule has 66 valence electrons. The van der Waals surface area contributed by atoms with Crippen LogP contribution in [0.1, 0.15) is 19.3 Å². The van der Waals surface area contributed by atoms with Crippen LogP contribution in [0.15, 0.2) is 0 Å². The molecule has 0 saturated heterocycles. The van der Waals surface area contributed by atoms with Crippen molar-refractivity contribution < 1.29 is 13.0 Å². The van der Waals surface area contributed by atoms with Crippen LogP contribution in [-0.2, 0) is 10.1 Å². The van der Waals surface area contributed by atoms with Crippen LogP contribution in [-0.4, -0.2) is 23.7 Å². The zero-order valence-electron chi connectivity index (χ0n) is 5.99. The monoisotopic (exact) mass is 197 g/mol. The molecule has 0 heterocycles. The average molecular weight is 197 g/mol. The molecule has 6 heteroatoms. The van der Waals surface area contributed by atoms with Gasteiger partial charge in [0.15, 0.2) is 0 Å². The van der Waals surface area contributed by atoms with E-state index in [0.717, 1.165) is 0 Å². The second-order valence-electron chi connectivity index (χ2n) is 2.21. The molecular formula is C5H11NO3S2. The smallest absolute Gasteiger partial charge is 0.264 e. The first-order valence-electron chi connectivity index (χ1n) is 3.15. The highest BCUT2D eigenvalue weighted by atomic mass is 32.2. The summed E-state index contributed by atoms with van der Waals surface area (Å²) in [6.45, 7) is 0. The molecule has 0 aliphatic rings. The van der Waals surface area contributed by atoms with Gasteiger partial charge in [0.25, 0.3) is 10.1 Å². The van der Waals surface area contributed by atoms with Gasteiger partial charge in [-0.15, -0.1) is 0 Å². The van der Waals surface area contributed by atoms with Crippen molar-refractivity contribution in [3.05, 3.63) is 0 Å². The fraction of sp³-hybridized carbons (Fsp3) is 0.800. The molecule has 0 aliphatic carbocycles. The van der Waals surface area contributed by atoms with Crippen molar-refractivity contribution >= 4 is 27.3 Å². The Bertz CT molecular complexity index is 222. The Labute approximate surface area is 71.5 Å². The van der Waals surface area contributed by atoms with Gasteiger partial charge in [0, 0.05) is 0 Å². The molecule has 0 amide bonds.